The molecule has 19 heavy (non-hydrogen) atoms. The number of halogens is 1. The fourth-order valence-corrected chi connectivity index (χ4v) is 1.97. The van der Waals surface area contributed by atoms with Gasteiger partial charge in [0, 0.05) is 23.2 Å². The number of carbonyl (C=O) groups is 1. The average Bonchev–Trinajstić information content (AvgIpc) is 2.35. The van der Waals surface area contributed by atoms with Crippen LogP contribution < -0.4 is 5.32 Å². The summed E-state index contributed by atoms with van der Waals surface area (Å²) in [4.78, 5) is 22.3. The van der Waals surface area contributed by atoms with Crippen LogP contribution in [-0.4, -0.2) is 28.6 Å². The first-order chi connectivity index (χ1) is 8.95. The Balaban J connectivity index is 2.85. The third-order valence-corrected chi connectivity index (χ3v) is 3.07. The Hall–Kier alpha value is -1.47. The van der Waals surface area contributed by atoms with Crippen LogP contribution in [0.2, 0.25) is 0 Å². The number of aliphatic hydroxyl groups is 1. The molecule has 2 N–H and O–H groups in total. The molecule has 0 aromatic heterocycles. The summed E-state index contributed by atoms with van der Waals surface area (Å²) < 4.78 is 0.545. The predicted octanol–water partition coefficient (Wildman–Crippen LogP) is 2.25. The predicted molar refractivity (Wildman–Crippen MR) is 74.0 cm³/mol. The van der Waals surface area contributed by atoms with E-state index in [2.05, 4.69) is 21.2 Å². The van der Waals surface area contributed by atoms with Gasteiger partial charge in [-0.05, 0) is 31.9 Å². The first-order valence-corrected chi connectivity index (χ1v) is 6.60. The fourth-order valence-electron chi connectivity index (χ4n) is 1.62. The normalized spacial score (nSPS) is 11.9. The molecule has 1 unspecified atom stereocenters. The lowest BCUT2D eigenvalue weighted by atomic mass is 10.1. The smallest absolute Gasteiger partial charge is 0.283 e. The van der Waals surface area contributed by atoms with Crippen molar-refractivity contribution in [2.75, 3.05) is 6.61 Å². The number of nitrogens with one attached hydrogen (secondary N) is 1. The molecule has 0 heterocycles. The number of benzene rings is 1. The van der Waals surface area contributed by atoms with E-state index in [4.69, 9.17) is 5.11 Å². The van der Waals surface area contributed by atoms with Crippen molar-refractivity contribution in [1.82, 2.24) is 5.32 Å². The fraction of sp³-hybridized carbons (Fsp3) is 0.417. The van der Waals surface area contributed by atoms with Crippen LogP contribution in [0.25, 0.3) is 0 Å². The Bertz CT molecular complexity index is 479. The first-order valence-electron chi connectivity index (χ1n) is 5.81. The number of carbonyl (C=O) groups excluding carboxylic acids is 1. The highest BCUT2D eigenvalue weighted by Crippen LogP contribution is 2.23. The van der Waals surface area contributed by atoms with Gasteiger partial charge < -0.3 is 10.4 Å². The Morgan fingerprint density at radius 3 is 2.84 bits per heavy atom. The SMILES string of the molecule is CC(CCCO)NC(=O)c1ccc(Br)cc1[N+](=O)[O-]. The Morgan fingerprint density at radius 1 is 1.58 bits per heavy atom. The van der Waals surface area contributed by atoms with E-state index in [1.54, 1.807) is 13.0 Å². The lowest BCUT2D eigenvalue weighted by molar-refractivity contribution is -0.385. The van der Waals surface area contributed by atoms with Gasteiger partial charge in [0.25, 0.3) is 11.6 Å². The lowest BCUT2D eigenvalue weighted by Gasteiger charge is -2.13. The molecule has 0 aliphatic carbocycles. The van der Waals surface area contributed by atoms with Gasteiger partial charge in [-0.2, -0.15) is 0 Å². The summed E-state index contributed by atoms with van der Waals surface area (Å²) in [6.07, 6.45) is 1.19. The van der Waals surface area contributed by atoms with Crippen LogP contribution in [-0.2, 0) is 0 Å². The summed E-state index contributed by atoms with van der Waals surface area (Å²) in [5.41, 5.74) is -0.203. The van der Waals surface area contributed by atoms with Gasteiger partial charge in [0.2, 0.25) is 0 Å². The van der Waals surface area contributed by atoms with E-state index in [0.29, 0.717) is 17.3 Å². The number of rotatable bonds is 6. The van der Waals surface area contributed by atoms with Crippen molar-refractivity contribution >= 4 is 27.5 Å². The van der Waals surface area contributed by atoms with E-state index in [-0.39, 0.29) is 23.9 Å². The van der Waals surface area contributed by atoms with E-state index in [1.165, 1.54) is 12.1 Å². The molecule has 0 aliphatic rings. The molecule has 0 spiro atoms. The van der Waals surface area contributed by atoms with Crippen LogP contribution in [0.5, 0.6) is 0 Å². The van der Waals surface area contributed by atoms with Crippen LogP contribution >= 0.6 is 15.9 Å². The highest BCUT2D eigenvalue weighted by Gasteiger charge is 2.21. The summed E-state index contributed by atoms with van der Waals surface area (Å²) in [5, 5.41) is 22.3. The largest absolute Gasteiger partial charge is 0.396 e. The van der Waals surface area contributed by atoms with Crippen molar-refractivity contribution in [2.45, 2.75) is 25.8 Å². The standard InChI is InChI=1S/C12H15BrN2O4/c1-8(3-2-6-16)14-12(17)10-5-4-9(13)7-11(10)15(18)19/h4-5,7-8,16H,2-3,6H2,1H3,(H,14,17). The Labute approximate surface area is 119 Å². The zero-order valence-corrected chi connectivity index (χ0v) is 12.0. The van der Waals surface area contributed by atoms with Gasteiger partial charge in [-0.25, -0.2) is 0 Å². The van der Waals surface area contributed by atoms with E-state index in [1.807, 2.05) is 0 Å². The summed E-state index contributed by atoms with van der Waals surface area (Å²) >= 11 is 3.13. The Kier molecular flexibility index (Phi) is 5.91. The number of hydrogen-bond donors (Lipinski definition) is 2. The maximum atomic E-state index is 12.0. The first kappa shape index (κ1) is 15.6. The molecular formula is C12H15BrN2O4. The summed E-state index contributed by atoms with van der Waals surface area (Å²) in [6.45, 7) is 1.84. The van der Waals surface area contributed by atoms with Gasteiger partial charge in [-0.15, -0.1) is 0 Å². The van der Waals surface area contributed by atoms with Crippen molar-refractivity contribution in [3.8, 4) is 0 Å². The van der Waals surface area contributed by atoms with Crippen molar-refractivity contribution in [1.29, 1.82) is 0 Å². The quantitative estimate of drug-likeness (QED) is 0.618. The van der Waals surface area contributed by atoms with Gasteiger partial charge in [-0.3, -0.25) is 14.9 Å². The van der Waals surface area contributed by atoms with E-state index >= 15 is 0 Å². The second-order valence-corrected chi connectivity index (χ2v) is 5.07. The molecule has 7 heteroatoms. The minimum absolute atomic E-state index is 0.0315. The summed E-state index contributed by atoms with van der Waals surface area (Å²) in [5.74, 6) is -0.482. The zero-order valence-electron chi connectivity index (χ0n) is 10.4. The third-order valence-electron chi connectivity index (χ3n) is 2.57. The minimum Gasteiger partial charge on any atom is -0.396 e. The summed E-state index contributed by atoms with van der Waals surface area (Å²) in [6, 6.07) is 4.15. The summed E-state index contributed by atoms with van der Waals surface area (Å²) in [7, 11) is 0. The second kappa shape index (κ2) is 7.20. The monoisotopic (exact) mass is 330 g/mol. The average molecular weight is 331 g/mol. The number of nitrogens with zero attached hydrogens (tertiary/aromatic N) is 1. The van der Waals surface area contributed by atoms with Crippen LogP contribution in [0.3, 0.4) is 0 Å². The molecule has 0 fully saturated rings. The maximum absolute atomic E-state index is 12.0. The van der Waals surface area contributed by atoms with E-state index < -0.39 is 10.8 Å². The molecule has 1 aromatic rings. The van der Waals surface area contributed by atoms with Gasteiger partial charge in [0.1, 0.15) is 5.56 Å². The number of hydrogen-bond acceptors (Lipinski definition) is 4. The van der Waals surface area contributed by atoms with E-state index in [9.17, 15) is 14.9 Å². The number of aliphatic hydroxyl groups excluding tert-OH is 1. The third kappa shape index (κ3) is 4.60. The lowest BCUT2D eigenvalue weighted by Crippen LogP contribution is -2.33. The highest BCUT2D eigenvalue weighted by molar-refractivity contribution is 9.10. The molecule has 0 saturated carbocycles. The number of amides is 1. The van der Waals surface area contributed by atoms with Gasteiger partial charge in [0.05, 0.1) is 4.92 Å². The molecule has 1 atom stereocenters. The van der Waals surface area contributed by atoms with Gasteiger partial charge >= 0.3 is 0 Å². The van der Waals surface area contributed by atoms with Crippen LogP contribution in [0.4, 0.5) is 5.69 Å². The van der Waals surface area contributed by atoms with Gasteiger partial charge in [-0.1, -0.05) is 15.9 Å². The molecule has 6 nitrogen and oxygen atoms in total. The van der Waals surface area contributed by atoms with Crippen molar-refractivity contribution in [3.05, 3.63) is 38.3 Å². The van der Waals surface area contributed by atoms with Gasteiger partial charge in [0.15, 0.2) is 0 Å². The van der Waals surface area contributed by atoms with E-state index in [0.717, 1.165) is 0 Å². The van der Waals surface area contributed by atoms with Crippen molar-refractivity contribution in [3.63, 3.8) is 0 Å². The topological polar surface area (TPSA) is 92.5 Å². The minimum atomic E-state index is -0.585. The molecule has 1 amide bonds. The zero-order chi connectivity index (χ0) is 14.4. The highest BCUT2D eigenvalue weighted by atomic mass is 79.9. The van der Waals surface area contributed by atoms with Crippen LogP contribution in [0.15, 0.2) is 22.7 Å². The molecule has 0 radical (unpaired) electrons. The van der Waals surface area contributed by atoms with Crippen LogP contribution in [0, 0.1) is 10.1 Å². The van der Waals surface area contributed by atoms with Crippen molar-refractivity contribution in [2.24, 2.45) is 0 Å². The molecule has 1 rings (SSSR count). The number of nitro benzene ring substituents is 1. The molecule has 0 saturated heterocycles. The van der Waals surface area contributed by atoms with Crippen LogP contribution in [0.1, 0.15) is 30.1 Å². The Morgan fingerprint density at radius 2 is 2.26 bits per heavy atom. The maximum Gasteiger partial charge on any atom is 0.283 e. The molecular weight excluding hydrogens is 316 g/mol. The second-order valence-electron chi connectivity index (χ2n) is 4.16. The molecule has 1 aromatic carbocycles. The number of nitro groups is 1. The van der Waals surface area contributed by atoms with Crippen molar-refractivity contribution < 1.29 is 14.8 Å². The molecule has 0 bridgehead atoms. The molecule has 104 valence electrons. The molecule has 0 aliphatic heterocycles.